The van der Waals surface area contributed by atoms with Gasteiger partial charge >= 0.3 is 0 Å². The predicted octanol–water partition coefficient (Wildman–Crippen LogP) is 3.21. The highest BCUT2D eigenvalue weighted by molar-refractivity contribution is 6.00. The lowest BCUT2D eigenvalue weighted by molar-refractivity contribution is -0.121. The van der Waals surface area contributed by atoms with Gasteiger partial charge in [-0.2, -0.15) is 0 Å². The number of hydrogen-bond donors (Lipinski definition) is 0. The third-order valence-electron chi connectivity index (χ3n) is 3.67. The highest BCUT2D eigenvalue weighted by atomic mass is 16.2. The summed E-state index contributed by atoms with van der Waals surface area (Å²) in [4.78, 5) is 25.9. The second-order valence-corrected chi connectivity index (χ2v) is 5.54. The Bertz CT molecular complexity index is 519. The molecule has 1 unspecified atom stereocenters. The van der Waals surface area contributed by atoms with Gasteiger partial charge in [-0.25, -0.2) is 0 Å². The number of carbonyl (C=O) groups excluding carboxylic acids is 2. The van der Waals surface area contributed by atoms with Crippen molar-refractivity contribution in [1.29, 1.82) is 0 Å². The fourth-order valence-electron chi connectivity index (χ4n) is 2.62. The molecular weight excluding hydrogens is 238 g/mol. The van der Waals surface area contributed by atoms with Crippen LogP contribution in [0.1, 0.15) is 50.0 Å². The highest BCUT2D eigenvalue weighted by Crippen LogP contribution is 2.34. The van der Waals surface area contributed by atoms with Crippen LogP contribution >= 0.6 is 0 Å². The van der Waals surface area contributed by atoms with Gasteiger partial charge in [0.05, 0.1) is 0 Å². The normalized spacial score (nSPS) is 17.7. The summed E-state index contributed by atoms with van der Waals surface area (Å²) in [5, 5.41) is 0. The van der Waals surface area contributed by atoms with Gasteiger partial charge in [-0.05, 0) is 37.1 Å². The monoisotopic (exact) mass is 259 g/mol. The maximum Gasteiger partial charge on any atom is 0.229 e. The van der Waals surface area contributed by atoms with Crippen LogP contribution in [-0.4, -0.2) is 17.7 Å². The Balaban J connectivity index is 2.38. The molecule has 3 heteroatoms. The van der Waals surface area contributed by atoms with Gasteiger partial charge in [0.25, 0.3) is 0 Å². The summed E-state index contributed by atoms with van der Waals surface area (Å²) in [6.45, 7) is 7.76. The van der Waals surface area contributed by atoms with Gasteiger partial charge in [-0.3, -0.25) is 9.59 Å². The molecule has 0 N–H and O–H groups in total. The summed E-state index contributed by atoms with van der Waals surface area (Å²) in [5.74, 6) is 0.301. The molecule has 3 nitrogen and oxygen atoms in total. The zero-order chi connectivity index (χ0) is 14.2. The third-order valence-corrected chi connectivity index (χ3v) is 3.67. The number of hydrogen-bond acceptors (Lipinski definition) is 2. The van der Waals surface area contributed by atoms with E-state index < -0.39 is 0 Å². The molecule has 2 rings (SSSR count). The van der Waals surface area contributed by atoms with Crippen LogP contribution in [0.4, 0.5) is 5.69 Å². The van der Waals surface area contributed by atoms with Crippen molar-refractivity contribution in [3.05, 3.63) is 29.3 Å². The van der Waals surface area contributed by atoms with Crippen LogP contribution in [0, 0.1) is 5.92 Å². The van der Waals surface area contributed by atoms with Crippen LogP contribution in [-0.2, 0) is 11.2 Å². The average molecular weight is 259 g/mol. The number of fused-ring (bicyclic) bond motifs is 1. The fraction of sp³-hybridized carbons (Fsp3) is 0.500. The third kappa shape index (κ3) is 2.42. The molecule has 102 valence electrons. The summed E-state index contributed by atoms with van der Waals surface area (Å²) in [5.41, 5.74) is 2.84. The van der Waals surface area contributed by atoms with Crippen molar-refractivity contribution in [2.75, 3.05) is 4.90 Å². The largest absolute Gasteiger partial charge is 0.309 e. The van der Waals surface area contributed by atoms with Crippen molar-refractivity contribution in [2.24, 2.45) is 5.92 Å². The van der Waals surface area contributed by atoms with Gasteiger partial charge in [0.15, 0.2) is 5.78 Å². The summed E-state index contributed by atoms with van der Waals surface area (Å²) >= 11 is 0. The van der Waals surface area contributed by atoms with E-state index in [1.807, 2.05) is 43.9 Å². The fourth-order valence-corrected chi connectivity index (χ4v) is 2.62. The maximum atomic E-state index is 12.3. The van der Waals surface area contributed by atoms with Crippen molar-refractivity contribution in [3.63, 3.8) is 0 Å². The zero-order valence-electron chi connectivity index (χ0n) is 12.1. The van der Waals surface area contributed by atoms with Crippen molar-refractivity contribution in [1.82, 2.24) is 0 Å². The molecule has 1 amide bonds. The maximum absolute atomic E-state index is 12.3. The lowest BCUT2D eigenvalue weighted by Crippen LogP contribution is -2.38. The van der Waals surface area contributed by atoms with Gasteiger partial charge in [-0.1, -0.05) is 20.8 Å². The number of benzene rings is 1. The van der Waals surface area contributed by atoms with Crippen LogP contribution in [0.2, 0.25) is 0 Å². The molecule has 1 aliphatic rings. The van der Waals surface area contributed by atoms with Crippen molar-refractivity contribution in [2.45, 2.75) is 46.6 Å². The molecule has 1 atom stereocenters. The number of amides is 1. The second kappa shape index (κ2) is 5.16. The quantitative estimate of drug-likeness (QED) is 0.782. The summed E-state index contributed by atoms with van der Waals surface area (Å²) in [7, 11) is 0. The molecule has 1 aliphatic heterocycles. The van der Waals surface area contributed by atoms with E-state index >= 15 is 0 Å². The van der Waals surface area contributed by atoms with Crippen LogP contribution in [0.5, 0.6) is 0 Å². The molecule has 0 spiro atoms. The van der Waals surface area contributed by atoms with E-state index in [0.717, 1.165) is 23.2 Å². The van der Waals surface area contributed by atoms with Gasteiger partial charge < -0.3 is 4.90 Å². The van der Waals surface area contributed by atoms with Gasteiger partial charge in [-0.15, -0.1) is 0 Å². The minimum absolute atomic E-state index is 0.00893. The number of anilines is 1. The molecule has 0 aliphatic carbocycles. The van der Waals surface area contributed by atoms with Crippen molar-refractivity contribution >= 4 is 17.4 Å². The molecule has 1 heterocycles. The van der Waals surface area contributed by atoms with Crippen molar-refractivity contribution in [3.8, 4) is 0 Å². The van der Waals surface area contributed by atoms with Crippen LogP contribution < -0.4 is 4.90 Å². The lowest BCUT2D eigenvalue weighted by atomic mass is 10.0. The van der Waals surface area contributed by atoms with Crippen LogP contribution in [0.25, 0.3) is 0 Å². The average Bonchev–Trinajstić information content (AvgIpc) is 2.71. The SMILES string of the molecule is CCC(=O)c1ccc2c(c1)CC(C)N2C(=O)C(C)C. The minimum atomic E-state index is -0.00893. The zero-order valence-corrected chi connectivity index (χ0v) is 12.1. The number of Topliss-reactive ketones (excluding diaryl/α,β-unsaturated/α-hetero) is 1. The topological polar surface area (TPSA) is 37.4 Å². The highest BCUT2D eigenvalue weighted by Gasteiger charge is 2.32. The molecule has 0 saturated heterocycles. The van der Waals surface area contributed by atoms with Crippen LogP contribution in [0.15, 0.2) is 18.2 Å². The number of nitrogens with zero attached hydrogens (tertiary/aromatic N) is 1. The summed E-state index contributed by atoms with van der Waals surface area (Å²) in [6, 6.07) is 5.88. The Morgan fingerprint density at radius 1 is 1.37 bits per heavy atom. The first-order valence-corrected chi connectivity index (χ1v) is 6.94. The van der Waals surface area contributed by atoms with E-state index in [2.05, 4.69) is 6.92 Å². The summed E-state index contributed by atoms with van der Waals surface area (Å²) in [6.07, 6.45) is 1.35. The Labute approximate surface area is 114 Å². The minimum Gasteiger partial charge on any atom is -0.309 e. The van der Waals surface area contributed by atoms with E-state index in [-0.39, 0.29) is 23.7 Å². The van der Waals surface area contributed by atoms with Gasteiger partial charge in [0, 0.05) is 29.6 Å². The van der Waals surface area contributed by atoms with E-state index in [0.29, 0.717) is 6.42 Å². The second-order valence-electron chi connectivity index (χ2n) is 5.54. The first kappa shape index (κ1) is 13.8. The first-order chi connectivity index (χ1) is 8.95. The number of carbonyl (C=O) groups is 2. The Morgan fingerprint density at radius 2 is 2.05 bits per heavy atom. The van der Waals surface area contributed by atoms with E-state index in [9.17, 15) is 9.59 Å². The van der Waals surface area contributed by atoms with Gasteiger partial charge in [0.1, 0.15) is 0 Å². The van der Waals surface area contributed by atoms with Gasteiger partial charge in [0.2, 0.25) is 5.91 Å². The Kier molecular flexibility index (Phi) is 3.74. The molecule has 0 bridgehead atoms. The lowest BCUT2D eigenvalue weighted by Gasteiger charge is -2.24. The Hall–Kier alpha value is -1.64. The van der Waals surface area contributed by atoms with E-state index in [4.69, 9.17) is 0 Å². The standard InChI is InChI=1S/C16H21NO2/c1-5-15(18)12-6-7-14-13(9-12)8-11(4)17(14)16(19)10(2)3/h6-7,9-11H,5,8H2,1-4H3. The van der Waals surface area contributed by atoms with E-state index in [1.165, 1.54) is 0 Å². The molecule has 1 aromatic carbocycles. The molecule has 0 saturated carbocycles. The predicted molar refractivity (Wildman–Crippen MR) is 76.6 cm³/mol. The van der Waals surface area contributed by atoms with Crippen molar-refractivity contribution < 1.29 is 9.59 Å². The number of ketones is 1. The Morgan fingerprint density at radius 3 is 2.63 bits per heavy atom. The smallest absolute Gasteiger partial charge is 0.229 e. The molecular formula is C16H21NO2. The number of rotatable bonds is 3. The van der Waals surface area contributed by atoms with Crippen LogP contribution in [0.3, 0.4) is 0 Å². The molecule has 0 radical (unpaired) electrons. The first-order valence-electron chi connectivity index (χ1n) is 6.94. The molecule has 0 aromatic heterocycles. The summed E-state index contributed by atoms with van der Waals surface area (Å²) < 4.78 is 0. The van der Waals surface area contributed by atoms with E-state index in [1.54, 1.807) is 0 Å². The molecule has 19 heavy (non-hydrogen) atoms. The molecule has 1 aromatic rings. The molecule has 0 fully saturated rings.